The van der Waals surface area contributed by atoms with Gasteiger partial charge in [0.2, 0.25) is 0 Å². The zero-order chi connectivity index (χ0) is 24.3. The molecule has 1 amide bonds. The first-order valence-electron chi connectivity index (χ1n) is 13.4. The molecule has 1 fully saturated rings. The normalized spacial score (nSPS) is 18.2. The van der Waals surface area contributed by atoms with Crippen LogP contribution in [0.1, 0.15) is 59.7 Å². The monoisotopic (exact) mass is 479 g/mol. The van der Waals surface area contributed by atoms with E-state index < -0.39 is 0 Å². The standard InChI is InChI=1S/C29H41N3O3/c1-2-12-32-13-4-3-5-17-35-28-10-9-26(29(33)30-11-14-31-15-18-34-19-16-31)22-27(28)21-24-7-6-8-25(20-24)23-32/h6-10,20,22H,2-5,11-19,21,23H2,1H3,(H,30,33). The van der Waals surface area contributed by atoms with E-state index in [4.69, 9.17) is 9.47 Å². The Hall–Kier alpha value is -2.41. The second-order valence-electron chi connectivity index (χ2n) is 9.71. The molecule has 4 rings (SSSR count). The maximum atomic E-state index is 12.9. The summed E-state index contributed by atoms with van der Waals surface area (Å²) in [5, 5.41) is 3.09. The third kappa shape index (κ3) is 8.06. The molecule has 0 aromatic heterocycles. The second kappa shape index (κ2) is 13.6. The Bertz CT molecular complexity index is 943. The summed E-state index contributed by atoms with van der Waals surface area (Å²) in [6.07, 6.45) is 5.34. The molecule has 35 heavy (non-hydrogen) atoms. The number of carbonyl (C=O) groups is 1. The van der Waals surface area contributed by atoms with Gasteiger partial charge in [-0.05, 0) is 73.7 Å². The number of morpholine rings is 1. The van der Waals surface area contributed by atoms with Gasteiger partial charge in [-0.25, -0.2) is 0 Å². The van der Waals surface area contributed by atoms with E-state index in [2.05, 4.69) is 46.3 Å². The lowest BCUT2D eigenvalue weighted by atomic mass is 9.99. The van der Waals surface area contributed by atoms with E-state index in [0.717, 1.165) is 76.6 Å². The van der Waals surface area contributed by atoms with E-state index in [9.17, 15) is 4.79 Å². The average Bonchev–Trinajstić information content (AvgIpc) is 2.87. The van der Waals surface area contributed by atoms with Gasteiger partial charge in [0.05, 0.1) is 19.8 Å². The van der Waals surface area contributed by atoms with Crippen molar-refractivity contribution in [2.45, 2.75) is 45.6 Å². The van der Waals surface area contributed by atoms with Crippen LogP contribution in [0.15, 0.2) is 42.5 Å². The van der Waals surface area contributed by atoms with Gasteiger partial charge in [-0.2, -0.15) is 0 Å². The number of hydrogen-bond acceptors (Lipinski definition) is 5. The Labute approximate surface area is 210 Å². The fourth-order valence-corrected chi connectivity index (χ4v) is 4.95. The molecule has 2 heterocycles. The number of rotatable bonds is 6. The Morgan fingerprint density at radius 2 is 1.77 bits per heavy atom. The second-order valence-corrected chi connectivity index (χ2v) is 9.71. The largest absolute Gasteiger partial charge is 0.493 e. The summed E-state index contributed by atoms with van der Waals surface area (Å²) < 4.78 is 11.6. The topological polar surface area (TPSA) is 54.0 Å². The van der Waals surface area contributed by atoms with E-state index in [0.29, 0.717) is 18.7 Å². The van der Waals surface area contributed by atoms with Crippen LogP contribution in [0.2, 0.25) is 0 Å². The number of nitrogens with one attached hydrogen (secondary N) is 1. The predicted octanol–water partition coefficient (Wildman–Crippen LogP) is 4.11. The van der Waals surface area contributed by atoms with Crippen LogP contribution in [-0.2, 0) is 17.7 Å². The third-order valence-corrected chi connectivity index (χ3v) is 6.85. The molecule has 2 aliphatic rings. The number of amides is 1. The molecule has 2 aromatic rings. The molecular formula is C29H41N3O3. The first-order chi connectivity index (χ1) is 17.2. The van der Waals surface area contributed by atoms with Gasteiger partial charge in [0.25, 0.3) is 5.91 Å². The van der Waals surface area contributed by atoms with E-state index in [1.807, 2.05) is 18.2 Å². The minimum absolute atomic E-state index is 0.0237. The van der Waals surface area contributed by atoms with Crippen LogP contribution in [0, 0.1) is 0 Å². The molecule has 2 aliphatic heterocycles. The van der Waals surface area contributed by atoms with Crippen molar-refractivity contribution in [3.8, 4) is 5.75 Å². The molecule has 2 aromatic carbocycles. The highest BCUT2D eigenvalue weighted by atomic mass is 16.5. The van der Waals surface area contributed by atoms with Crippen LogP contribution in [0.25, 0.3) is 0 Å². The van der Waals surface area contributed by atoms with Gasteiger partial charge in [-0.1, -0.05) is 31.2 Å². The van der Waals surface area contributed by atoms with E-state index in [1.54, 1.807) is 0 Å². The lowest BCUT2D eigenvalue weighted by molar-refractivity contribution is 0.0383. The summed E-state index contributed by atoms with van der Waals surface area (Å²) in [5.41, 5.74) is 4.38. The Morgan fingerprint density at radius 3 is 2.63 bits per heavy atom. The van der Waals surface area contributed by atoms with Crippen molar-refractivity contribution in [2.24, 2.45) is 0 Å². The lowest BCUT2D eigenvalue weighted by Gasteiger charge is -2.26. The minimum atomic E-state index is -0.0237. The minimum Gasteiger partial charge on any atom is -0.493 e. The van der Waals surface area contributed by atoms with E-state index in [-0.39, 0.29) is 5.91 Å². The van der Waals surface area contributed by atoms with Crippen LogP contribution in [0.5, 0.6) is 5.75 Å². The van der Waals surface area contributed by atoms with Crippen molar-refractivity contribution in [2.75, 3.05) is 59.1 Å². The van der Waals surface area contributed by atoms with Crippen molar-refractivity contribution in [1.82, 2.24) is 15.1 Å². The van der Waals surface area contributed by atoms with Gasteiger partial charge in [-0.3, -0.25) is 14.6 Å². The van der Waals surface area contributed by atoms with Crippen LogP contribution < -0.4 is 10.1 Å². The molecule has 190 valence electrons. The molecule has 6 heteroatoms. The molecule has 0 saturated carbocycles. The Balaban J connectivity index is 1.47. The van der Waals surface area contributed by atoms with Gasteiger partial charge < -0.3 is 14.8 Å². The quantitative estimate of drug-likeness (QED) is 0.676. The molecule has 2 bridgehead atoms. The zero-order valence-corrected chi connectivity index (χ0v) is 21.3. The van der Waals surface area contributed by atoms with E-state index >= 15 is 0 Å². The fourth-order valence-electron chi connectivity index (χ4n) is 4.95. The summed E-state index contributed by atoms with van der Waals surface area (Å²) in [5.74, 6) is 0.870. The van der Waals surface area contributed by atoms with Gasteiger partial charge in [-0.15, -0.1) is 0 Å². The van der Waals surface area contributed by atoms with Crippen LogP contribution in [-0.4, -0.2) is 74.8 Å². The summed E-state index contributed by atoms with van der Waals surface area (Å²) in [7, 11) is 0. The van der Waals surface area contributed by atoms with Gasteiger partial charge in [0.15, 0.2) is 0 Å². The summed E-state index contributed by atoms with van der Waals surface area (Å²) in [6, 6.07) is 14.8. The molecule has 0 atom stereocenters. The Morgan fingerprint density at radius 1 is 0.914 bits per heavy atom. The first kappa shape index (κ1) is 25.7. The highest BCUT2D eigenvalue weighted by Crippen LogP contribution is 2.25. The van der Waals surface area contributed by atoms with Crippen molar-refractivity contribution in [3.05, 3.63) is 64.7 Å². The van der Waals surface area contributed by atoms with Crippen LogP contribution in [0.3, 0.4) is 0 Å². The maximum Gasteiger partial charge on any atom is 0.251 e. The maximum absolute atomic E-state index is 12.9. The van der Waals surface area contributed by atoms with E-state index in [1.165, 1.54) is 30.4 Å². The highest BCUT2D eigenvalue weighted by Gasteiger charge is 2.14. The van der Waals surface area contributed by atoms with Crippen molar-refractivity contribution >= 4 is 5.91 Å². The fraction of sp³-hybridized carbons (Fsp3) is 0.552. The van der Waals surface area contributed by atoms with Crippen molar-refractivity contribution in [1.29, 1.82) is 0 Å². The molecule has 6 nitrogen and oxygen atoms in total. The smallest absolute Gasteiger partial charge is 0.251 e. The summed E-state index contributed by atoms with van der Waals surface area (Å²) in [4.78, 5) is 17.8. The van der Waals surface area contributed by atoms with Crippen molar-refractivity contribution in [3.63, 3.8) is 0 Å². The first-order valence-corrected chi connectivity index (χ1v) is 13.4. The predicted molar refractivity (Wildman–Crippen MR) is 140 cm³/mol. The zero-order valence-electron chi connectivity index (χ0n) is 21.3. The molecular weight excluding hydrogens is 438 g/mol. The van der Waals surface area contributed by atoms with Crippen LogP contribution >= 0.6 is 0 Å². The molecule has 1 saturated heterocycles. The van der Waals surface area contributed by atoms with Gasteiger partial charge in [0, 0.05) is 44.7 Å². The molecule has 1 N–H and O–H groups in total. The van der Waals surface area contributed by atoms with Gasteiger partial charge in [0.1, 0.15) is 5.75 Å². The molecule has 0 aliphatic carbocycles. The number of fused-ring (bicyclic) bond motifs is 3. The molecule has 0 radical (unpaired) electrons. The number of hydrogen-bond donors (Lipinski definition) is 1. The van der Waals surface area contributed by atoms with Gasteiger partial charge >= 0.3 is 0 Å². The lowest BCUT2D eigenvalue weighted by Crippen LogP contribution is -2.41. The number of nitrogens with zero attached hydrogens (tertiary/aromatic N) is 2. The summed E-state index contributed by atoms with van der Waals surface area (Å²) in [6.45, 7) is 11.1. The number of ether oxygens (including phenoxy) is 2. The van der Waals surface area contributed by atoms with Crippen molar-refractivity contribution < 1.29 is 14.3 Å². The molecule has 0 unspecified atom stereocenters. The SMILES string of the molecule is CCCN1CCCCCOc2ccc(C(=O)NCCN3CCOCC3)cc2Cc2cccc(c2)C1. The average molecular weight is 480 g/mol. The number of carbonyl (C=O) groups excluding carboxylic acids is 1. The Kier molecular flexibility index (Phi) is 9.99. The highest BCUT2D eigenvalue weighted by molar-refractivity contribution is 5.94. The summed E-state index contributed by atoms with van der Waals surface area (Å²) >= 11 is 0. The third-order valence-electron chi connectivity index (χ3n) is 6.85. The molecule has 0 spiro atoms. The number of benzene rings is 2. The van der Waals surface area contributed by atoms with Crippen LogP contribution in [0.4, 0.5) is 0 Å².